The van der Waals surface area contributed by atoms with Crippen LogP contribution in [0.3, 0.4) is 0 Å². The van der Waals surface area contributed by atoms with Crippen molar-refractivity contribution < 1.29 is 19.1 Å². The molecule has 0 radical (unpaired) electrons. The van der Waals surface area contributed by atoms with Crippen LogP contribution in [0.25, 0.3) is 0 Å². The highest BCUT2D eigenvalue weighted by molar-refractivity contribution is 9.10. The van der Waals surface area contributed by atoms with Crippen LogP contribution < -0.4 is 25.6 Å². The van der Waals surface area contributed by atoms with Crippen LogP contribution in [-0.4, -0.2) is 29.6 Å². The van der Waals surface area contributed by atoms with Crippen LogP contribution in [0, 0.1) is 6.92 Å². The number of carbonyl (C=O) groups excluding carboxylic acids is 2. The van der Waals surface area contributed by atoms with E-state index in [-0.39, 0.29) is 16.7 Å². The Morgan fingerprint density at radius 1 is 1.13 bits per heavy atom. The highest BCUT2D eigenvalue weighted by atomic mass is 79.9. The van der Waals surface area contributed by atoms with Gasteiger partial charge in [-0.2, -0.15) is 0 Å². The first-order valence-corrected chi connectivity index (χ1v) is 10.5. The van der Waals surface area contributed by atoms with E-state index >= 15 is 0 Å². The van der Waals surface area contributed by atoms with Crippen molar-refractivity contribution in [3.8, 4) is 11.5 Å². The molecule has 0 heterocycles. The molecule has 0 saturated carbocycles. The average molecular weight is 535 g/mol. The first-order valence-electron chi connectivity index (χ1n) is 8.56. The van der Waals surface area contributed by atoms with Gasteiger partial charge in [-0.05, 0) is 68.0 Å². The molecule has 0 aromatic heterocycles. The van der Waals surface area contributed by atoms with Crippen LogP contribution in [0.5, 0.6) is 11.5 Å². The second-order valence-corrected chi connectivity index (χ2v) is 8.19. The quantitative estimate of drug-likeness (QED) is 0.384. The molecule has 0 aliphatic rings. The van der Waals surface area contributed by atoms with Gasteiger partial charge in [-0.15, -0.1) is 0 Å². The van der Waals surface area contributed by atoms with Crippen molar-refractivity contribution in [3.05, 3.63) is 56.5 Å². The van der Waals surface area contributed by atoms with Crippen LogP contribution >= 0.6 is 51.3 Å². The van der Waals surface area contributed by atoms with Crippen LogP contribution in [0.2, 0.25) is 10.0 Å². The summed E-state index contributed by atoms with van der Waals surface area (Å²) in [6.07, 6.45) is -0.900. The Labute approximate surface area is 197 Å². The van der Waals surface area contributed by atoms with Crippen LogP contribution in [0.15, 0.2) is 40.9 Å². The third-order valence-electron chi connectivity index (χ3n) is 3.61. The number of hydrogen-bond acceptors (Lipinski definition) is 5. The fourth-order valence-electron chi connectivity index (χ4n) is 2.14. The van der Waals surface area contributed by atoms with Gasteiger partial charge in [0.1, 0.15) is 11.5 Å². The highest BCUT2D eigenvalue weighted by Gasteiger charge is 2.17. The molecule has 30 heavy (non-hydrogen) atoms. The lowest BCUT2D eigenvalue weighted by molar-refractivity contribution is -0.126. The molecule has 2 amide bonds. The van der Waals surface area contributed by atoms with Crippen LogP contribution in [-0.2, 0) is 9.59 Å². The van der Waals surface area contributed by atoms with Gasteiger partial charge in [-0.3, -0.25) is 25.8 Å². The van der Waals surface area contributed by atoms with E-state index in [0.717, 1.165) is 10.0 Å². The fourth-order valence-corrected chi connectivity index (χ4v) is 3.22. The Bertz CT molecular complexity index is 961. The van der Waals surface area contributed by atoms with Gasteiger partial charge in [-0.1, -0.05) is 39.1 Å². The first kappa shape index (κ1) is 24.2. The molecule has 0 aliphatic carbocycles. The topological polar surface area (TPSA) is 88.7 Å². The standard InChI is InChI=1S/C19H18BrCl2N3O4S/c1-10-7-12(20)3-5-15(10)28-9-17(26)24-25-19(30)23-18(27)11(2)29-16-6-4-13(21)8-14(16)22/h3-8,11H,9H2,1-2H3,(H,24,26)(H2,23,25,27,30). The highest BCUT2D eigenvalue weighted by Crippen LogP contribution is 2.28. The summed E-state index contributed by atoms with van der Waals surface area (Å²) in [7, 11) is 0. The molecular weight excluding hydrogens is 517 g/mol. The van der Waals surface area contributed by atoms with E-state index in [4.69, 9.17) is 44.9 Å². The lowest BCUT2D eigenvalue weighted by atomic mass is 10.2. The van der Waals surface area contributed by atoms with E-state index in [1.165, 1.54) is 13.0 Å². The Morgan fingerprint density at radius 2 is 1.83 bits per heavy atom. The van der Waals surface area contributed by atoms with Gasteiger partial charge in [-0.25, -0.2) is 0 Å². The smallest absolute Gasteiger partial charge is 0.276 e. The fraction of sp³-hybridized carbons (Fsp3) is 0.211. The Kier molecular flexibility index (Phi) is 9.16. The normalized spacial score (nSPS) is 11.2. The van der Waals surface area contributed by atoms with Crippen LogP contribution in [0.1, 0.15) is 12.5 Å². The molecule has 0 fully saturated rings. The largest absolute Gasteiger partial charge is 0.483 e. The van der Waals surface area contributed by atoms with Gasteiger partial charge in [0.05, 0.1) is 5.02 Å². The summed E-state index contributed by atoms with van der Waals surface area (Å²) in [4.78, 5) is 24.1. The zero-order chi connectivity index (χ0) is 22.3. The average Bonchev–Trinajstić information content (AvgIpc) is 2.67. The minimum absolute atomic E-state index is 0.106. The molecule has 1 unspecified atom stereocenters. The number of nitrogens with one attached hydrogen (secondary N) is 3. The summed E-state index contributed by atoms with van der Waals surface area (Å²) in [5, 5.41) is 3.02. The SMILES string of the molecule is Cc1cc(Br)ccc1OCC(=O)NNC(=S)NC(=O)C(C)Oc1ccc(Cl)cc1Cl. The van der Waals surface area contributed by atoms with Crippen LogP contribution in [0.4, 0.5) is 0 Å². The number of thiocarbonyl (C=S) groups is 1. The monoisotopic (exact) mass is 533 g/mol. The van der Waals surface area contributed by atoms with E-state index in [1.807, 2.05) is 19.1 Å². The zero-order valence-corrected chi connectivity index (χ0v) is 19.8. The molecule has 11 heteroatoms. The number of ether oxygens (including phenoxy) is 2. The summed E-state index contributed by atoms with van der Waals surface area (Å²) in [6.45, 7) is 3.15. The third kappa shape index (κ3) is 7.64. The Hall–Kier alpha value is -2.07. The summed E-state index contributed by atoms with van der Waals surface area (Å²) >= 11 is 20.2. The van der Waals surface area contributed by atoms with Crippen molar-refractivity contribution in [1.82, 2.24) is 16.2 Å². The number of rotatable bonds is 6. The maximum Gasteiger partial charge on any atom is 0.276 e. The predicted octanol–water partition coefficient (Wildman–Crippen LogP) is 3.93. The first-order chi connectivity index (χ1) is 14.2. The molecule has 1 atom stereocenters. The van der Waals surface area contributed by atoms with Crippen molar-refractivity contribution in [2.24, 2.45) is 0 Å². The van der Waals surface area contributed by atoms with E-state index in [9.17, 15) is 9.59 Å². The molecule has 2 aromatic carbocycles. The molecule has 2 aromatic rings. The molecule has 0 bridgehead atoms. The Balaban J connectivity index is 1.74. The van der Waals surface area contributed by atoms with E-state index in [0.29, 0.717) is 16.5 Å². The lowest BCUT2D eigenvalue weighted by Gasteiger charge is -2.17. The number of halogens is 3. The minimum atomic E-state index is -0.900. The molecule has 0 aliphatic heterocycles. The molecule has 3 N–H and O–H groups in total. The van der Waals surface area contributed by atoms with Crippen molar-refractivity contribution in [2.75, 3.05) is 6.61 Å². The summed E-state index contributed by atoms with van der Waals surface area (Å²) in [5.41, 5.74) is 5.64. The van der Waals surface area contributed by atoms with Gasteiger partial charge >= 0.3 is 0 Å². The minimum Gasteiger partial charge on any atom is -0.483 e. The van der Waals surface area contributed by atoms with Crippen molar-refractivity contribution in [2.45, 2.75) is 20.0 Å². The van der Waals surface area contributed by atoms with E-state index < -0.39 is 17.9 Å². The number of benzene rings is 2. The molecule has 7 nitrogen and oxygen atoms in total. The lowest BCUT2D eigenvalue weighted by Crippen LogP contribution is -2.51. The van der Waals surface area contributed by atoms with Crippen molar-refractivity contribution in [3.63, 3.8) is 0 Å². The third-order valence-corrected chi connectivity index (χ3v) is 4.84. The van der Waals surface area contributed by atoms with Gasteiger partial charge < -0.3 is 9.47 Å². The summed E-state index contributed by atoms with van der Waals surface area (Å²) in [6, 6.07) is 10.1. The second-order valence-electron chi connectivity index (χ2n) is 6.02. The zero-order valence-electron chi connectivity index (χ0n) is 15.9. The van der Waals surface area contributed by atoms with Crippen molar-refractivity contribution in [1.29, 1.82) is 0 Å². The van der Waals surface area contributed by atoms with Gasteiger partial charge in [0.2, 0.25) is 0 Å². The molecule has 0 saturated heterocycles. The summed E-state index contributed by atoms with van der Waals surface area (Å²) in [5.74, 6) is -0.131. The number of hydrogen-bond donors (Lipinski definition) is 3. The van der Waals surface area contributed by atoms with Gasteiger partial charge in [0.25, 0.3) is 11.8 Å². The number of amides is 2. The number of carbonyl (C=O) groups is 2. The molecule has 0 spiro atoms. The molecule has 2 rings (SSSR count). The second kappa shape index (κ2) is 11.4. The van der Waals surface area contributed by atoms with Gasteiger partial charge in [0.15, 0.2) is 17.8 Å². The van der Waals surface area contributed by atoms with E-state index in [2.05, 4.69) is 32.1 Å². The maximum atomic E-state index is 12.2. The van der Waals surface area contributed by atoms with Gasteiger partial charge in [0, 0.05) is 9.50 Å². The maximum absolute atomic E-state index is 12.2. The summed E-state index contributed by atoms with van der Waals surface area (Å²) < 4.78 is 11.9. The Morgan fingerprint density at radius 3 is 2.50 bits per heavy atom. The molecule has 160 valence electrons. The number of hydrazine groups is 1. The van der Waals surface area contributed by atoms with Crippen molar-refractivity contribution >= 4 is 68.3 Å². The molecular formula is C19H18BrCl2N3O4S. The van der Waals surface area contributed by atoms with E-state index in [1.54, 1.807) is 18.2 Å². The number of aryl methyl sites for hydroxylation is 1. The predicted molar refractivity (Wildman–Crippen MR) is 123 cm³/mol.